The van der Waals surface area contributed by atoms with Gasteiger partial charge < -0.3 is 5.11 Å². The van der Waals surface area contributed by atoms with E-state index >= 15 is 0 Å². The smallest absolute Gasteiger partial charge is 0.126 e. The van der Waals surface area contributed by atoms with Crippen LogP contribution in [-0.2, 0) is 6.42 Å². The average molecular weight is 336 g/mol. The van der Waals surface area contributed by atoms with E-state index in [1.807, 2.05) is 6.92 Å². The van der Waals surface area contributed by atoms with Crippen molar-refractivity contribution in [2.45, 2.75) is 20.3 Å². The quantitative estimate of drug-likeness (QED) is 0.375. The number of fused-ring (bicyclic) bond motifs is 4. The Balaban J connectivity index is 1.91. The molecule has 5 rings (SSSR count). The SMILES string of the molecule is Cc1c(C)c(-c2cccc3ccccc23)c2c(c1O)-c1ccccc1C2. The van der Waals surface area contributed by atoms with Gasteiger partial charge in [0.2, 0.25) is 0 Å². The lowest BCUT2D eigenvalue weighted by Crippen LogP contribution is -1.97. The first-order valence-corrected chi connectivity index (χ1v) is 9.08. The molecule has 0 heterocycles. The molecule has 1 aliphatic rings. The fourth-order valence-corrected chi connectivity index (χ4v) is 4.43. The Morgan fingerprint density at radius 2 is 1.38 bits per heavy atom. The van der Waals surface area contributed by atoms with Crippen LogP contribution in [0.1, 0.15) is 22.3 Å². The minimum absolute atomic E-state index is 0.437. The van der Waals surface area contributed by atoms with Crippen LogP contribution >= 0.6 is 0 Å². The van der Waals surface area contributed by atoms with E-state index < -0.39 is 0 Å². The lowest BCUT2D eigenvalue weighted by Gasteiger charge is -2.19. The van der Waals surface area contributed by atoms with Gasteiger partial charge in [0.05, 0.1) is 0 Å². The van der Waals surface area contributed by atoms with Gasteiger partial charge in [0.25, 0.3) is 0 Å². The molecule has 0 amide bonds. The Bertz CT molecular complexity index is 1180. The Kier molecular flexibility index (Phi) is 3.20. The van der Waals surface area contributed by atoms with Crippen LogP contribution in [0.5, 0.6) is 5.75 Å². The Morgan fingerprint density at radius 1 is 0.692 bits per heavy atom. The largest absolute Gasteiger partial charge is 0.507 e. The summed E-state index contributed by atoms with van der Waals surface area (Å²) in [4.78, 5) is 0. The summed E-state index contributed by atoms with van der Waals surface area (Å²) in [5.74, 6) is 0.437. The van der Waals surface area contributed by atoms with Crippen molar-refractivity contribution in [2.24, 2.45) is 0 Å². The summed E-state index contributed by atoms with van der Waals surface area (Å²) in [6.45, 7) is 4.16. The van der Waals surface area contributed by atoms with Gasteiger partial charge in [-0.05, 0) is 70.0 Å². The van der Waals surface area contributed by atoms with Crippen LogP contribution in [0.2, 0.25) is 0 Å². The van der Waals surface area contributed by atoms with Gasteiger partial charge in [-0.3, -0.25) is 0 Å². The van der Waals surface area contributed by atoms with Crippen LogP contribution in [0.25, 0.3) is 33.0 Å². The van der Waals surface area contributed by atoms with Crippen LogP contribution in [0.15, 0.2) is 66.7 Å². The van der Waals surface area contributed by atoms with Crippen molar-refractivity contribution < 1.29 is 5.11 Å². The Morgan fingerprint density at radius 3 is 2.27 bits per heavy atom. The zero-order valence-corrected chi connectivity index (χ0v) is 15.0. The second-order valence-corrected chi connectivity index (χ2v) is 7.19. The predicted molar refractivity (Wildman–Crippen MR) is 109 cm³/mol. The standard InChI is InChI=1S/C25H20O/c1-15-16(2)25(26)24-20-12-6-4-9-18(20)14-22(24)23(15)21-13-7-10-17-8-3-5-11-19(17)21/h3-13,26H,14H2,1-2H3. The van der Waals surface area contributed by atoms with Crippen molar-refractivity contribution in [2.75, 3.05) is 0 Å². The van der Waals surface area contributed by atoms with Crippen LogP contribution in [0.3, 0.4) is 0 Å². The normalized spacial score (nSPS) is 12.2. The van der Waals surface area contributed by atoms with Crippen molar-refractivity contribution in [3.05, 3.63) is 89.0 Å². The van der Waals surface area contributed by atoms with Crippen molar-refractivity contribution in [1.29, 1.82) is 0 Å². The number of hydrogen-bond donors (Lipinski definition) is 1. The molecular weight excluding hydrogens is 316 g/mol. The second kappa shape index (κ2) is 5.47. The van der Waals surface area contributed by atoms with Gasteiger partial charge in [0.15, 0.2) is 0 Å². The van der Waals surface area contributed by atoms with Gasteiger partial charge in [-0.2, -0.15) is 0 Å². The number of hydrogen-bond acceptors (Lipinski definition) is 1. The van der Waals surface area contributed by atoms with E-state index in [-0.39, 0.29) is 0 Å². The Hall–Kier alpha value is -3.06. The first-order valence-electron chi connectivity index (χ1n) is 9.08. The maximum absolute atomic E-state index is 10.9. The lowest BCUT2D eigenvalue weighted by molar-refractivity contribution is 0.472. The molecule has 0 spiro atoms. The number of benzene rings is 4. The van der Waals surface area contributed by atoms with Gasteiger partial charge in [-0.15, -0.1) is 0 Å². The van der Waals surface area contributed by atoms with Gasteiger partial charge in [-0.25, -0.2) is 0 Å². The van der Waals surface area contributed by atoms with Crippen molar-refractivity contribution in [3.63, 3.8) is 0 Å². The summed E-state index contributed by atoms with van der Waals surface area (Å²) in [5.41, 5.74) is 9.42. The van der Waals surface area contributed by atoms with E-state index in [1.54, 1.807) is 0 Å². The molecule has 0 atom stereocenters. The maximum atomic E-state index is 10.9. The van der Waals surface area contributed by atoms with Crippen molar-refractivity contribution >= 4 is 10.8 Å². The van der Waals surface area contributed by atoms with E-state index in [1.165, 1.54) is 44.2 Å². The molecule has 1 heteroatoms. The number of phenols is 1. The summed E-state index contributed by atoms with van der Waals surface area (Å²) in [5, 5.41) is 13.4. The molecule has 0 unspecified atom stereocenters. The zero-order valence-electron chi connectivity index (χ0n) is 15.0. The molecule has 4 aromatic rings. The minimum Gasteiger partial charge on any atom is -0.507 e. The van der Waals surface area contributed by atoms with Gasteiger partial charge in [0.1, 0.15) is 5.75 Å². The molecule has 126 valence electrons. The van der Waals surface area contributed by atoms with Gasteiger partial charge in [0, 0.05) is 5.56 Å². The maximum Gasteiger partial charge on any atom is 0.126 e. The molecule has 0 fully saturated rings. The van der Waals surface area contributed by atoms with E-state index in [2.05, 4.69) is 73.7 Å². The fraction of sp³-hybridized carbons (Fsp3) is 0.120. The topological polar surface area (TPSA) is 20.2 Å². The van der Waals surface area contributed by atoms with Crippen molar-refractivity contribution in [1.82, 2.24) is 0 Å². The van der Waals surface area contributed by atoms with E-state index in [9.17, 15) is 5.11 Å². The summed E-state index contributed by atoms with van der Waals surface area (Å²) in [6, 6.07) is 23.5. The first-order chi connectivity index (χ1) is 12.7. The molecular formula is C25H20O. The average Bonchev–Trinajstić information content (AvgIpc) is 3.05. The summed E-state index contributed by atoms with van der Waals surface area (Å²) < 4.78 is 0. The molecule has 0 saturated carbocycles. The minimum atomic E-state index is 0.437. The molecule has 1 N–H and O–H groups in total. The molecule has 0 aliphatic heterocycles. The second-order valence-electron chi connectivity index (χ2n) is 7.19. The summed E-state index contributed by atoms with van der Waals surface area (Å²) >= 11 is 0. The molecule has 0 radical (unpaired) electrons. The zero-order chi connectivity index (χ0) is 17.8. The lowest BCUT2D eigenvalue weighted by atomic mass is 9.86. The fourth-order valence-electron chi connectivity index (χ4n) is 4.43. The summed E-state index contributed by atoms with van der Waals surface area (Å²) in [7, 11) is 0. The van der Waals surface area contributed by atoms with Crippen molar-refractivity contribution in [3.8, 4) is 28.0 Å². The predicted octanol–water partition coefficient (Wildman–Crippen LogP) is 6.40. The number of rotatable bonds is 1. The highest BCUT2D eigenvalue weighted by Gasteiger charge is 2.28. The highest BCUT2D eigenvalue weighted by Crippen LogP contribution is 2.50. The third-order valence-corrected chi connectivity index (χ3v) is 5.85. The third-order valence-electron chi connectivity index (χ3n) is 5.85. The number of phenolic OH excluding ortho intramolecular Hbond substituents is 1. The molecule has 26 heavy (non-hydrogen) atoms. The molecule has 1 aliphatic carbocycles. The van der Waals surface area contributed by atoms with Gasteiger partial charge in [-0.1, -0.05) is 66.7 Å². The van der Waals surface area contributed by atoms with Crippen LogP contribution in [0, 0.1) is 13.8 Å². The molecule has 0 bridgehead atoms. The highest BCUT2D eigenvalue weighted by molar-refractivity contribution is 6.01. The third kappa shape index (κ3) is 1.97. The van der Waals surface area contributed by atoms with E-state index in [0.29, 0.717) is 5.75 Å². The summed E-state index contributed by atoms with van der Waals surface area (Å²) in [6.07, 6.45) is 0.874. The molecule has 0 aromatic heterocycles. The molecule has 1 nitrogen and oxygen atoms in total. The van der Waals surface area contributed by atoms with Crippen LogP contribution in [-0.4, -0.2) is 5.11 Å². The monoisotopic (exact) mass is 336 g/mol. The van der Waals surface area contributed by atoms with Gasteiger partial charge >= 0.3 is 0 Å². The molecule has 4 aromatic carbocycles. The van der Waals surface area contributed by atoms with Crippen LogP contribution < -0.4 is 0 Å². The first kappa shape index (κ1) is 15.2. The highest BCUT2D eigenvalue weighted by atomic mass is 16.3. The number of aromatic hydroxyl groups is 1. The van der Waals surface area contributed by atoms with E-state index in [0.717, 1.165) is 17.5 Å². The molecule has 0 saturated heterocycles. The van der Waals surface area contributed by atoms with E-state index in [4.69, 9.17) is 0 Å². The Labute approximate surface area is 153 Å². The van der Waals surface area contributed by atoms with Crippen LogP contribution in [0.4, 0.5) is 0 Å².